The highest BCUT2D eigenvalue weighted by atomic mass is 16.5. The summed E-state index contributed by atoms with van der Waals surface area (Å²) in [5.74, 6) is -0.121. The Balaban J connectivity index is 2.17. The highest BCUT2D eigenvalue weighted by Gasteiger charge is 2.19. The van der Waals surface area contributed by atoms with Crippen molar-refractivity contribution in [3.8, 4) is 5.88 Å². The van der Waals surface area contributed by atoms with Gasteiger partial charge in [-0.05, 0) is 45.9 Å². The largest absolute Gasteiger partial charge is 0.478 e. The average molecular weight is 341 g/mol. The maximum Gasteiger partial charge on any atom is 0.257 e. The maximum atomic E-state index is 12.4. The molecule has 0 aliphatic heterocycles. The van der Waals surface area contributed by atoms with E-state index in [1.54, 1.807) is 36.4 Å². The minimum Gasteiger partial charge on any atom is -0.478 e. The number of hydrogen-bond donors (Lipinski definition) is 2. The minimum atomic E-state index is -0.368. The van der Waals surface area contributed by atoms with Gasteiger partial charge in [-0.2, -0.15) is 0 Å². The third-order valence-corrected chi connectivity index (χ3v) is 3.20. The van der Waals surface area contributed by atoms with Crippen LogP contribution in [0.3, 0.4) is 0 Å². The molecule has 6 heteroatoms. The SMILES string of the molecule is CCOc1ccc(C(=O)Nc2ccccc2C(=O)NC(C)(C)C)cn1. The molecule has 0 saturated heterocycles. The molecule has 6 nitrogen and oxygen atoms in total. The van der Waals surface area contributed by atoms with Gasteiger partial charge in [-0.3, -0.25) is 9.59 Å². The lowest BCUT2D eigenvalue weighted by Crippen LogP contribution is -2.40. The highest BCUT2D eigenvalue weighted by molar-refractivity contribution is 6.09. The number of hydrogen-bond acceptors (Lipinski definition) is 4. The topological polar surface area (TPSA) is 80.3 Å². The Labute approximate surface area is 147 Å². The van der Waals surface area contributed by atoms with Gasteiger partial charge in [-0.25, -0.2) is 4.98 Å². The molecule has 2 aromatic rings. The molecule has 1 aromatic carbocycles. The van der Waals surface area contributed by atoms with Crippen LogP contribution in [0.15, 0.2) is 42.6 Å². The van der Waals surface area contributed by atoms with Gasteiger partial charge in [-0.15, -0.1) is 0 Å². The fraction of sp³-hybridized carbons (Fsp3) is 0.316. The average Bonchev–Trinajstić information content (AvgIpc) is 2.54. The number of rotatable bonds is 5. The first-order valence-electron chi connectivity index (χ1n) is 8.12. The lowest BCUT2D eigenvalue weighted by Gasteiger charge is -2.21. The molecular weight excluding hydrogens is 318 g/mol. The number of carbonyl (C=O) groups is 2. The number of anilines is 1. The third-order valence-electron chi connectivity index (χ3n) is 3.20. The van der Waals surface area contributed by atoms with Crippen molar-refractivity contribution in [1.29, 1.82) is 0 Å². The molecule has 2 amide bonds. The predicted molar refractivity (Wildman–Crippen MR) is 97.0 cm³/mol. The Kier molecular flexibility index (Phi) is 5.75. The van der Waals surface area contributed by atoms with E-state index in [4.69, 9.17) is 4.74 Å². The molecule has 1 aromatic heterocycles. The van der Waals surface area contributed by atoms with Crippen molar-refractivity contribution in [2.24, 2.45) is 0 Å². The molecule has 0 saturated carbocycles. The van der Waals surface area contributed by atoms with E-state index in [-0.39, 0.29) is 17.4 Å². The van der Waals surface area contributed by atoms with Gasteiger partial charge in [0.1, 0.15) is 0 Å². The van der Waals surface area contributed by atoms with E-state index in [9.17, 15) is 9.59 Å². The Hall–Kier alpha value is -2.89. The summed E-state index contributed by atoms with van der Waals surface area (Å²) in [4.78, 5) is 28.9. The highest BCUT2D eigenvalue weighted by Crippen LogP contribution is 2.18. The predicted octanol–water partition coefficient (Wildman–Crippen LogP) is 3.26. The van der Waals surface area contributed by atoms with Gasteiger partial charge in [-0.1, -0.05) is 12.1 Å². The zero-order valence-electron chi connectivity index (χ0n) is 14.9. The number of ether oxygens (including phenoxy) is 1. The van der Waals surface area contributed by atoms with Gasteiger partial charge in [0.15, 0.2) is 0 Å². The zero-order chi connectivity index (χ0) is 18.4. The monoisotopic (exact) mass is 341 g/mol. The first-order valence-corrected chi connectivity index (χ1v) is 8.12. The van der Waals surface area contributed by atoms with E-state index >= 15 is 0 Å². The van der Waals surface area contributed by atoms with Crippen LogP contribution in [0.2, 0.25) is 0 Å². The summed E-state index contributed by atoms with van der Waals surface area (Å²) < 4.78 is 5.26. The van der Waals surface area contributed by atoms with Gasteiger partial charge < -0.3 is 15.4 Å². The molecule has 0 aliphatic carbocycles. The zero-order valence-corrected chi connectivity index (χ0v) is 14.9. The summed E-state index contributed by atoms with van der Waals surface area (Å²) in [6, 6.07) is 10.2. The maximum absolute atomic E-state index is 12.4. The van der Waals surface area contributed by atoms with E-state index < -0.39 is 0 Å². The van der Waals surface area contributed by atoms with Gasteiger partial charge in [0.25, 0.3) is 11.8 Å². The van der Waals surface area contributed by atoms with Crippen molar-refractivity contribution in [1.82, 2.24) is 10.3 Å². The van der Waals surface area contributed by atoms with Crippen LogP contribution in [0.4, 0.5) is 5.69 Å². The van der Waals surface area contributed by atoms with Crippen LogP contribution in [-0.2, 0) is 0 Å². The fourth-order valence-electron chi connectivity index (χ4n) is 2.14. The number of carbonyl (C=O) groups excluding carboxylic acids is 2. The molecule has 1 heterocycles. The number of para-hydroxylation sites is 1. The number of nitrogens with one attached hydrogen (secondary N) is 2. The Morgan fingerprint density at radius 1 is 1.08 bits per heavy atom. The summed E-state index contributed by atoms with van der Waals surface area (Å²) in [5, 5.41) is 5.66. The molecule has 132 valence electrons. The first kappa shape index (κ1) is 18.4. The van der Waals surface area contributed by atoms with E-state index in [2.05, 4.69) is 15.6 Å². The van der Waals surface area contributed by atoms with Gasteiger partial charge in [0, 0.05) is 17.8 Å². The molecule has 25 heavy (non-hydrogen) atoms. The van der Waals surface area contributed by atoms with Crippen molar-refractivity contribution in [2.45, 2.75) is 33.2 Å². The summed E-state index contributed by atoms with van der Waals surface area (Å²) in [6.07, 6.45) is 1.44. The van der Waals surface area contributed by atoms with Gasteiger partial charge in [0.05, 0.1) is 23.4 Å². The number of amides is 2. The van der Waals surface area contributed by atoms with Crippen molar-refractivity contribution < 1.29 is 14.3 Å². The number of benzene rings is 1. The second kappa shape index (κ2) is 7.79. The van der Waals surface area contributed by atoms with Crippen molar-refractivity contribution in [3.63, 3.8) is 0 Å². The first-order chi connectivity index (χ1) is 11.8. The lowest BCUT2D eigenvalue weighted by molar-refractivity contribution is 0.0920. The molecule has 0 aliphatic rings. The second-order valence-corrected chi connectivity index (χ2v) is 6.52. The van der Waals surface area contributed by atoms with Crippen molar-refractivity contribution >= 4 is 17.5 Å². The fourth-order valence-corrected chi connectivity index (χ4v) is 2.14. The summed E-state index contributed by atoms with van der Waals surface area (Å²) >= 11 is 0. The van der Waals surface area contributed by atoms with Crippen LogP contribution in [0, 0.1) is 0 Å². The molecular formula is C19H23N3O3. The van der Waals surface area contributed by atoms with E-state index in [0.717, 1.165) is 0 Å². The molecule has 2 N–H and O–H groups in total. The molecule has 0 unspecified atom stereocenters. The van der Waals surface area contributed by atoms with Crippen molar-refractivity contribution in [2.75, 3.05) is 11.9 Å². The van der Waals surface area contributed by atoms with Crippen LogP contribution in [0.25, 0.3) is 0 Å². The molecule has 2 rings (SSSR count). The Bertz CT molecular complexity index is 749. The Morgan fingerprint density at radius 3 is 2.40 bits per heavy atom. The number of aromatic nitrogens is 1. The van der Waals surface area contributed by atoms with Crippen LogP contribution in [0.5, 0.6) is 5.88 Å². The minimum absolute atomic E-state index is 0.242. The number of pyridine rings is 1. The summed E-state index contributed by atoms with van der Waals surface area (Å²) in [6.45, 7) is 8.07. The van der Waals surface area contributed by atoms with E-state index in [1.165, 1.54) is 6.20 Å². The normalized spacial score (nSPS) is 10.9. The standard InChI is InChI=1S/C19H23N3O3/c1-5-25-16-11-10-13(12-20-16)17(23)21-15-9-7-6-8-14(15)18(24)22-19(2,3)4/h6-12H,5H2,1-4H3,(H,21,23)(H,22,24). The van der Waals surface area contributed by atoms with Crippen LogP contribution < -0.4 is 15.4 Å². The van der Waals surface area contributed by atoms with Crippen LogP contribution in [-0.4, -0.2) is 28.9 Å². The van der Waals surface area contributed by atoms with E-state index in [0.29, 0.717) is 29.3 Å². The molecule has 0 spiro atoms. The number of nitrogens with zero attached hydrogens (tertiary/aromatic N) is 1. The molecule has 0 radical (unpaired) electrons. The van der Waals surface area contributed by atoms with E-state index in [1.807, 2.05) is 27.7 Å². The van der Waals surface area contributed by atoms with Gasteiger partial charge in [0.2, 0.25) is 5.88 Å². The lowest BCUT2D eigenvalue weighted by atomic mass is 10.1. The van der Waals surface area contributed by atoms with Crippen molar-refractivity contribution in [3.05, 3.63) is 53.7 Å². The quantitative estimate of drug-likeness (QED) is 0.875. The molecule has 0 bridgehead atoms. The van der Waals surface area contributed by atoms with Gasteiger partial charge >= 0.3 is 0 Å². The third kappa shape index (κ3) is 5.31. The second-order valence-electron chi connectivity index (χ2n) is 6.52. The Morgan fingerprint density at radius 2 is 1.80 bits per heavy atom. The molecule has 0 fully saturated rings. The summed E-state index contributed by atoms with van der Waals surface area (Å²) in [5.41, 5.74) is 0.870. The summed E-state index contributed by atoms with van der Waals surface area (Å²) in [7, 11) is 0. The molecule has 0 atom stereocenters. The smallest absolute Gasteiger partial charge is 0.257 e. The van der Waals surface area contributed by atoms with Crippen LogP contribution in [0.1, 0.15) is 48.4 Å². The van der Waals surface area contributed by atoms with Crippen LogP contribution >= 0.6 is 0 Å².